The third-order valence-electron chi connectivity index (χ3n) is 3.90. The van der Waals surface area contributed by atoms with E-state index in [1.54, 1.807) is 12.1 Å². The molecule has 8 heteroatoms. The summed E-state index contributed by atoms with van der Waals surface area (Å²) < 4.78 is 42.4. The van der Waals surface area contributed by atoms with Crippen LogP contribution in [-0.4, -0.2) is 49.0 Å². The van der Waals surface area contributed by atoms with Crippen molar-refractivity contribution >= 4 is 12.4 Å². The van der Waals surface area contributed by atoms with Crippen molar-refractivity contribution in [1.29, 1.82) is 0 Å². The van der Waals surface area contributed by atoms with Gasteiger partial charge in [-0.15, -0.1) is 12.4 Å². The normalized spacial score (nSPS) is 18.4. The summed E-state index contributed by atoms with van der Waals surface area (Å²) in [4.78, 5) is 1.44. The van der Waals surface area contributed by atoms with Gasteiger partial charge in [-0.3, -0.25) is 4.90 Å². The highest BCUT2D eigenvalue weighted by molar-refractivity contribution is 5.85. The lowest BCUT2D eigenvalue weighted by molar-refractivity contribution is -0.143. The van der Waals surface area contributed by atoms with Gasteiger partial charge in [-0.25, -0.2) is 0 Å². The maximum atomic E-state index is 12.4. The van der Waals surface area contributed by atoms with Crippen LogP contribution in [0.5, 0.6) is 11.5 Å². The molecule has 0 aromatic heterocycles. The quantitative estimate of drug-likeness (QED) is 0.776. The first-order valence-electron chi connectivity index (χ1n) is 7.82. The number of nitrogens with one attached hydrogen (secondary N) is 1. The van der Waals surface area contributed by atoms with Crippen LogP contribution in [0.3, 0.4) is 0 Å². The highest BCUT2D eigenvalue weighted by atomic mass is 35.5. The van der Waals surface area contributed by atoms with Gasteiger partial charge in [-0.1, -0.05) is 12.1 Å². The number of ether oxygens (including phenoxy) is 1. The number of para-hydroxylation sites is 1. The molecule has 1 fully saturated rings. The second-order valence-corrected chi connectivity index (χ2v) is 5.83. The summed E-state index contributed by atoms with van der Waals surface area (Å²) in [5, 5.41) is 13.3. The fourth-order valence-corrected chi connectivity index (χ4v) is 2.87. The molecular weight excluding hydrogens is 345 g/mol. The van der Waals surface area contributed by atoms with Gasteiger partial charge >= 0.3 is 6.18 Å². The highest BCUT2D eigenvalue weighted by Gasteiger charge is 2.34. The van der Waals surface area contributed by atoms with Gasteiger partial charge < -0.3 is 15.2 Å². The number of phenols is 1. The van der Waals surface area contributed by atoms with Gasteiger partial charge in [0, 0.05) is 18.7 Å². The Hall–Kier alpha value is -1.18. The van der Waals surface area contributed by atoms with Crippen molar-refractivity contribution in [2.75, 3.05) is 32.8 Å². The Morgan fingerprint density at radius 1 is 1.38 bits per heavy atom. The second-order valence-electron chi connectivity index (χ2n) is 5.83. The number of nitrogens with zero attached hydrogens (tertiary/aromatic N) is 1. The number of halogens is 4. The molecule has 0 amide bonds. The molecule has 1 aromatic rings. The molecular formula is C16H24ClF3N2O2. The number of benzene rings is 1. The summed E-state index contributed by atoms with van der Waals surface area (Å²) in [7, 11) is 0. The first-order valence-corrected chi connectivity index (χ1v) is 7.82. The molecule has 0 bridgehead atoms. The zero-order valence-electron chi connectivity index (χ0n) is 13.6. The molecule has 2 N–H and O–H groups in total. The van der Waals surface area contributed by atoms with Crippen molar-refractivity contribution in [3.05, 3.63) is 23.8 Å². The molecule has 0 aliphatic carbocycles. The maximum Gasteiger partial charge on any atom is 0.401 e. The number of hydrogen-bond donors (Lipinski definition) is 2. The number of phenolic OH excluding ortho intramolecular Hbond substituents is 1. The minimum Gasteiger partial charge on any atom is -0.504 e. The molecule has 1 aromatic carbocycles. The van der Waals surface area contributed by atoms with Gasteiger partial charge in [0.1, 0.15) is 0 Å². The summed E-state index contributed by atoms with van der Waals surface area (Å²) in [6, 6.07) is 5.31. The van der Waals surface area contributed by atoms with E-state index < -0.39 is 12.7 Å². The second kappa shape index (κ2) is 9.34. The maximum absolute atomic E-state index is 12.4. The van der Waals surface area contributed by atoms with Gasteiger partial charge in [0.2, 0.25) is 0 Å². The molecule has 4 nitrogen and oxygen atoms in total. The lowest BCUT2D eigenvalue weighted by Gasteiger charge is -2.18. The van der Waals surface area contributed by atoms with E-state index in [1.165, 1.54) is 4.90 Å². The van der Waals surface area contributed by atoms with Gasteiger partial charge in [-0.2, -0.15) is 13.2 Å². The average Bonchev–Trinajstić information content (AvgIpc) is 2.88. The largest absolute Gasteiger partial charge is 0.504 e. The fourth-order valence-electron chi connectivity index (χ4n) is 2.87. The number of rotatable bonds is 7. The molecule has 1 aliphatic rings. The van der Waals surface area contributed by atoms with Crippen LogP contribution in [0, 0.1) is 5.92 Å². The molecule has 0 saturated carbocycles. The molecule has 0 radical (unpaired) electrons. The van der Waals surface area contributed by atoms with Gasteiger partial charge in [0.15, 0.2) is 11.5 Å². The van der Waals surface area contributed by atoms with Gasteiger partial charge in [0.25, 0.3) is 0 Å². The van der Waals surface area contributed by atoms with E-state index in [-0.39, 0.29) is 24.1 Å². The van der Waals surface area contributed by atoms with E-state index in [4.69, 9.17) is 4.74 Å². The molecule has 1 heterocycles. The molecule has 1 unspecified atom stereocenters. The lowest BCUT2D eigenvalue weighted by atomic mass is 10.1. The molecule has 24 heavy (non-hydrogen) atoms. The van der Waals surface area contributed by atoms with Crippen molar-refractivity contribution < 1.29 is 23.0 Å². The molecule has 138 valence electrons. The Morgan fingerprint density at radius 3 is 2.79 bits per heavy atom. The first-order chi connectivity index (χ1) is 10.9. The lowest BCUT2D eigenvalue weighted by Crippen LogP contribution is -2.33. The molecule has 1 aliphatic heterocycles. The van der Waals surface area contributed by atoms with Crippen molar-refractivity contribution in [2.24, 2.45) is 5.92 Å². The van der Waals surface area contributed by atoms with Crippen LogP contribution in [0.15, 0.2) is 18.2 Å². The van der Waals surface area contributed by atoms with Crippen LogP contribution < -0.4 is 10.1 Å². The van der Waals surface area contributed by atoms with Crippen molar-refractivity contribution in [3.63, 3.8) is 0 Å². The van der Waals surface area contributed by atoms with Crippen molar-refractivity contribution in [2.45, 2.75) is 26.1 Å². The Labute approximate surface area is 146 Å². The predicted octanol–water partition coefficient (Wildman–Crippen LogP) is 3.19. The molecule has 2 rings (SSSR count). The van der Waals surface area contributed by atoms with Crippen LogP contribution in [-0.2, 0) is 6.54 Å². The number of likely N-dealkylation sites (tertiary alicyclic amines) is 1. The summed E-state index contributed by atoms with van der Waals surface area (Å²) in [6.07, 6.45) is -3.37. The minimum absolute atomic E-state index is 0. The van der Waals surface area contributed by atoms with E-state index >= 15 is 0 Å². The van der Waals surface area contributed by atoms with Crippen LogP contribution in [0.1, 0.15) is 18.9 Å². The summed E-state index contributed by atoms with van der Waals surface area (Å²) in [6.45, 7) is 3.52. The van der Waals surface area contributed by atoms with Crippen LogP contribution in [0.2, 0.25) is 0 Å². The Morgan fingerprint density at radius 2 is 2.12 bits per heavy atom. The predicted molar refractivity (Wildman–Crippen MR) is 88.8 cm³/mol. The third kappa shape index (κ3) is 6.37. The smallest absolute Gasteiger partial charge is 0.401 e. The monoisotopic (exact) mass is 368 g/mol. The SMILES string of the molecule is CCOc1cccc(CNCC2CCN(CC(F)(F)F)C2)c1O.Cl. The standard InChI is InChI=1S/C16H23F3N2O2.ClH/c1-2-23-14-5-3-4-13(15(14)22)9-20-8-12-6-7-21(10-12)11-16(17,18)19;/h3-5,12,20,22H,2,6-11H2,1H3;1H. The van der Waals surface area contributed by atoms with Crippen molar-refractivity contribution in [3.8, 4) is 11.5 Å². The average molecular weight is 369 g/mol. The van der Waals surface area contributed by atoms with Gasteiger partial charge in [0.05, 0.1) is 13.2 Å². The molecule has 1 atom stereocenters. The zero-order chi connectivity index (χ0) is 16.9. The minimum atomic E-state index is -4.13. The van der Waals surface area contributed by atoms with E-state index in [9.17, 15) is 18.3 Å². The summed E-state index contributed by atoms with van der Waals surface area (Å²) >= 11 is 0. The van der Waals surface area contributed by atoms with Crippen LogP contribution >= 0.6 is 12.4 Å². The van der Waals surface area contributed by atoms with Crippen molar-refractivity contribution in [1.82, 2.24) is 10.2 Å². The van der Waals surface area contributed by atoms with E-state index in [2.05, 4.69) is 5.32 Å². The van der Waals surface area contributed by atoms with E-state index in [0.29, 0.717) is 38.5 Å². The van der Waals surface area contributed by atoms with E-state index in [1.807, 2.05) is 13.0 Å². The molecule has 0 spiro atoms. The van der Waals surface area contributed by atoms with Gasteiger partial charge in [-0.05, 0) is 38.4 Å². The Balaban J connectivity index is 0.00000288. The summed E-state index contributed by atoms with van der Waals surface area (Å²) in [5.74, 6) is 0.769. The van der Waals surface area contributed by atoms with Crippen LogP contribution in [0.25, 0.3) is 0 Å². The first kappa shape index (κ1) is 20.9. The highest BCUT2D eigenvalue weighted by Crippen LogP contribution is 2.29. The third-order valence-corrected chi connectivity index (χ3v) is 3.90. The Bertz CT molecular complexity index is 515. The number of aromatic hydroxyl groups is 1. The van der Waals surface area contributed by atoms with E-state index in [0.717, 1.165) is 12.0 Å². The molecule has 1 saturated heterocycles. The Kier molecular flexibility index (Phi) is 8.12. The topological polar surface area (TPSA) is 44.7 Å². The summed E-state index contributed by atoms with van der Waals surface area (Å²) in [5.41, 5.74) is 0.723. The number of alkyl halides is 3. The zero-order valence-corrected chi connectivity index (χ0v) is 14.4. The number of hydrogen-bond acceptors (Lipinski definition) is 4. The van der Waals surface area contributed by atoms with Crippen LogP contribution in [0.4, 0.5) is 13.2 Å². The fraction of sp³-hybridized carbons (Fsp3) is 0.625.